The maximum absolute atomic E-state index is 12.0. The summed E-state index contributed by atoms with van der Waals surface area (Å²) < 4.78 is 5.15. The van der Waals surface area contributed by atoms with Crippen LogP contribution in [-0.4, -0.2) is 36.4 Å². The quantitative estimate of drug-likeness (QED) is 0.712. The van der Waals surface area contributed by atoms with E-state index in [2.05, 4.69) is 19.2 Å². The number of hydrogen-bond acceptors (Lipinski definition) is 3. The average Bonchev–Trinajstić information content (AvgIpc) is 2.73. The van der Waals surface area contributed by atoms with Crippen LogP contribution in [0.3, 0.4) is 0 Å². The average molecular weight is 243 g/mol. The Morgan fingerprint density at radius 1 is 1.41 bits per heavy atom. The minimum atomic E-state index is -0.849. The van der Waals surface area contributed by atoms with E-state index in [4.69, 9.17) is 4.74 Å². The van der Waals surface area contributed by atoms with Gasteiger partial charge >= 0.3 is 0 Å². The number of carbonyl (C=O) groups is 1. The van der Waals surface area contributed by atoms with Gasteiger partial charge in [0.1, 0.15) is 5.60 Å². The summed E-state index contributed by atoms with van der Waals surface area (Å²) in [6.07, 6.45) is 4.50. The maximum Gasteiger partial charge on any atom is 0.223 e. The highest BCUT2D eigenvalue weighted by molar-refractivity contribution is 5.78. The van der Waals surface area contributed by atoms with Crippen LogP contribution in [0.5, 0.6) is 0 Å². The summed E-state index contributed by atoms with van der Waals surface area (Å²) >= 11 is 0. The molecule has 1 aliphatic heterocycles. The fourth-order valence-corrected chi connectivity index (χ4v) is 2.24. The molecular weight excluding hydrogens is 218 g/mol. The lowest BCUT2D eigenvalue weighted by Crippen LogP contribution is -2.45. The molecule has 1 rings (SSSR count). The molecule has 0 radical (unpaired) electrons. The van der Waals surface area contributed by atoms with Crippen molar-refractivity contribution in [2.24, 2.45) is 5.92 Å². The fourth-order valence-electron chi connectivity index (χ4n) is 2.24. The number of nitrogens with one attached hydrogen (secondary N) is 1. The molecule has 0 bridgehead atoms. The predicted octanol–water partition coefficient (Wildman–Crippen LogP) is 1.47. The first kappa shape index (κ1) is 14.5. The second-order valence-electron chi connectivity index (χ2n) is 5.02. The Bertz CT molecular complexity index is 231. The molecule has 1 fully saturated rings. The summed E-state index contributed by atoms with van der Waals surface area (Å²) in [4.78, 5) is 12.0. The van der Waals surface area contributed by atoms with Gasteiger partial charge in [-0.3, -0.25) is 4.79 Å². The van der Waals surface area contributed by atoms with Gasteiger partial charge in [-0.2, -0.15) is 0 Å². The normalized spacial score (nSPS) is 24.2. The Balaban J connectivity index is 2.35. The Hall–Kier alpha value is -0.610. The Kier molecular flexibility index (Phi) is 5.92. The number of rotatable bonds is 7. The highest BCUT2D eigenvalue weighted by atomic mass is 16.5. The molecule has 0 aromatic heterocycles. The summed E-state index contributed by atoms with van der Waals surface area (Å²) in [5.41, 5.74) is -0.849. The van der Waals surface area contributed by atoms with Crippen molar-refractivity contribution >= 4 is 5.91 Å². The molecule has 0 aromatic rings. The first-order chi connectivity index (χ1) is 8.11. The third-order valence-electron chi connectivity index (χ3n) is 3.32. The van der Waals surface area contributed by atoms with E-state index in [9.17, 15) is 9.90 Å². The highest BCUT2D eigenvalue weighted by Gasteiger charge is 2.33. The Labute approximate surface area is 104 Å². The summed E-state index contributed by atoms with van der Waals surface area (Å²) in [7, 11) is 0. The zero-order valence-corrected chi connectivity index (χ0v) is 11.0. The molecule has 1 amide bonds. The summed E-state index contributed by atoms with van der Waals surface area (Å²) in [6.45, 7) is 5.41. The van der Waals surface area contributed by atoms with Gasteiger partial charge in [-0.05, 0) is 12.8 Å². The smallest absolute Gasteiger partial charge is 0.223 e. The molecule has 1 unspecified atom stereocenters. The zero-order valence-electron chi connectivity index (χ0n) is 11.0. The SMILES string of the molecule is CCCC(CCC)C(=O)NCC1(O)CCOC1. The van der Waals surface area contributed by atoms with Gasteiger partial charge in [0.2, 0.25) is 5.91 Å². The number of ether oxygens (including phenoxy) is 1. The number of carbonyl (C=O) groups excluding carboxylic acids is 1. The molecule has 2 N–H and O–H groups in total. The lowest BCUT2D eigenvalue weighted by Gasteiger charge is -2.23. The van der Waals surface area contributed by atoms with E-state index in [1.807, 2.05) is 0 Å². The van der Waals surface area contributed by atoms with Gasteiger partial charge in [-0.15, -0.1) is 0 Å². The van der Waals surface area contributed by atoms with Crippen molar-refractivity contribution in [3.8, 4) is 0 Å². The molecule has 0 aromatic carbocycles. The third kappa shape index (κ3) is 4.64. The Morgan fingerprint density at radius 3 is 2.53 bits per heavy atom. The van der Waals surface area contributed by atoms with Crippen LogP contribution in [0.15, 0.2) is 0 Å². The van der Waals surface area contributed by atoms with Crippen molar-refractivity contribution in [2.45, 2.75) is 51.6 Å². The van der Waals surface area contributed by atoms with E-state index < -0.39 is 5.60 Å². The second kappa shape index (κ2) is 6.97. The Morgan fingerprint density at radius 2 is 2.06 bits per heavy atom. The first-order valence-electron chi connectivity index (χ1n) is 6.69. The minimum absolute atomic E-state index is 0.0778. The third-order valence-corrected chi connectivity index (χ3v) is 3.32. The molecule has 1 saturated heterocycles. The van der Waals surface area contributed by atoms with E-state index in [0.29, 0.717) is 26.2 Å². The lowest BCUT2D eigenvalue weighted by atomic mass is 9.96. The monoisotopic (exact) mass is 243 g/mol. The van der Waals surface area contributed by atoms with E-state index in [-0.39, 0.29) is 11.8 Å². The molecule has 1 atom stereocenters. The van der Waals surface area contributed by atoms with Gasteiger partial charge in [-0.25, -0.2) is 0 Å². The van der Waals surface area contributed by atoms with Gasteiger partial charge in [0.15, 0.2) is 0 Å². The van der Waals surface area contributed by atoms with Crippen LogP contribution in [0.2, 0.25) is 0 Å². The topological polar surface area (TPSA) is 58.6 Å². The molecule has 4 heteroatoms. The molecule has 1 heterocycles. The van der Waals surface area contributed by atoms with Gasteiger partial charge < -0.3 is 15.2 Å². The van der Waals surface area contributed by atoms with Crippen LogP contribution >= 0.6 is 0 Å². The van der Waals surface area contributed by atoms with Crippen molar-refractivity contribution in [1.29, 1.82) is 0 Å². The maximum atomic E-state index is 12.0. The van der Waals surface area contributed by atoms with Gasteiger partial charge in [0.05, 0.1) is 6.61 Å². The predicted molar refractivity (Wildman–Crippen MR) is 66.7 cm³/mol. The minimum Gasteiger partial charge on any atom is -0.386 e. The number of amides is 1. The van der Waals surface area contributed by atoms with Crippen LogP contribution in [0.4, 0.5) is 0 Å². The first-order valence-corrected chi connectivity index (χ1v) is 6.69. The number of aliphatic hydroxyl groups is 1. The zero-order chi connectivity index (χ0) is 12.7. The van der Waals surface area contributed by atoms with Crippen LogP contribution in [0.1, 0.15) is 46.0 Å². The van der Waals surface area contributed by atoms with E-state index in [0.717, 1.165) is 25.7 Å². The van der Waals surface area contributed by atoms with Gasteiger partial charge in [-0.1, -0.05) is 26.7 Å². The summed E-state index contributed by atoms with van der Waals surface area (Å²) in [5, 5.41) is 12.9. The molecule has 0 aliphatic carbocycles. The highest BCUT2D eigenvalue weighted by Crippen LogP contribution is 2.18. The van der Waals surface area contributed by atoms with Crippen molar-refractivity contribution in [3.63, 3.8) is 0 Å². The fraction of sp³-hybridized carbons (Fsp3) is 0.923. The van der Waals surface area contributed by atoms with Crippen molar-refractivity contribution in [1.82, 2.24) is 5.32 Å². The molecule has 0 saturated carbocycles. The summed E-state index contributed by atoms with van der Waals surface area (Å²) in [6, 6.07) is 0. The largest absolute Gasteiger partial charge is 0.386 e. The van der Waals surface area contributed by atoms with E-state index >= 15 is 0 Å². The van der Waals surface area contributed by atoms with E-state index in [1.54, 1.807) is 0 Å². The van der Waals surface area contributed by atoms with E-state index in [1.165, 1.54) is 0 Å². The molecule has 1 aliphatic rings. The van der Waals surface area contributed by atoms with Gasteiger partial charge in [0.25, 0.3) is 0 Å². The molecular formula is C13H25NO3. The van der Waals surface area contributed by atoms with Crippen LogP contribution in [-0.2, 0) is 9.53 Å². The molecule has 100 valence electrons. The molecule has 4 nitrogen and oxygen atoms in total. The second-order valence-corrected chi connectivity index (χ2v) is 5.02. The standard InChI is InChI=1S/C13H25NO3/c1-3-5-11(6-4-2)12(15)14-9-13(16)7-8-17-10-13/h11,16H,3-10H2,1-2H3,(H,14,15). The number of hydrogen-bond donors (Lipinski definition) is 2. The molecule has 17 heavy (non-hydrogen) atoms. The van der Waals surface area contributed by atoms with Crippen molar-refractivity contribution in [2.75, 3.05) is 19.8 Å². The van der Waals surface area contributed by atoms with Crippen LogP contribution in [0.25, 0.3) is 0 Å². The lowest BCUT2D eigenvalue weighted by molar-refractivity contribution is -0.126. The van der Waals surface area contributed by atoms with Gasteiger partial charge in [0, 0.05) is 25.5 Å². The molecule has 0 spiro atoms. The van der Waals surface area contributed by atoms with Crippen molar-refractivity contribution in [3.05, 3.63) is 0 Å². The van der Waals surface area contributed by atoms with Crippen molar-refractivity contribution < 1.29 is 14.6 Å². The van der Waals surface area contributed by atoms with Crippen LogP contribution < -0.4 is 5.32 Å². The summed E-state index contributed by atoms with van der Waals surface area (Å²) in [5.74, 6) is 0.171. The van der Waals surface area contributed by atoms with Crippen LogP contribution in [0, 0.1) is 5.92 Å².